The lowest BCUT2D eigenvalue weighted by molar-refractivity contribution is 0.0924. The average Bonchev–Trinajstić information content (AvgIpc) is 3.36. The predicted octanol–water partition coefficient (Wildman–Crippen LogP) is 3.79. The van der Waals surface area contributed by atoms with Crippen molar-refractivity contribution in [3.05, 3.63) is 107 Å². The number of nitriles is 1. The Hall–Kier alpha value is -5.01. The van der Waals surface area contributed by atoms with Crippen LogP contribution in [0.4, 0.5) is 11.4 Å². The molecule has 0 saturated heterocycles. The number of anilines is 2. The number of carbonyl (C=O) groups is 3. The van der Waals surface area contributed by atoms with Gasteiger partial charge in [0.2, 0.25) is 0 Å². The van der Waals surface area contributed by atoms with Gasteiger partial charge in [0.15, 0.2) is 5.78 Å². The number of amides is 2. The van der Waals surface area contributed by atoms with E-state index >= 15 is 0 Å². The second-order valence-electron chi connectivity index (χ2n) is 9.23. The highest BCUT2D eigenvalue weighted by Gasteiger charge is 2.42. The lowest BCUT2D eigenvalue weighted by atomic mass is 10.0. The van der Waals surface area contributed by atoms with Crippen LogP contribution in [-0.2, 0) is 6.54 Å². The molecule has 1 aliphatic rings. The molecule has 5 rings (SSSR count). The number of ether oxygens (including phenoxy) is 1. The highest BCUT2D eigenvalue weighted by Crippen LogP contribution is 2.32. The summed E-state index contributed by atoms with van der Waals surface area (Å²) in [6.07, 6.45) is 1.36. The van der Waals surface area contributed by atoms with Crippen LogP contribution < -0.4 is 15.0 Å². The summed E-state index contributed by atoms with van der Waals surface area (Å²) in [6, 6.07) is 22.1. The summed E-state index contributed by atoms with van der Waals surface area (Å²) >= 11 is 0. The van der Waals surface area contributed by atoms with Crippen molar-refractivity contribution in [3.63, 3.8) is 0 Å². The largest absolute Gasteiger partial charge is 0.497 e. The number of aromatic nitrogens is 2. The number of benzene rings is 3. The van der Waals surface area contributed by atoms with Crippen molar-refractivity contribution < 1.29 is 19.1 Å². The van der Waals surface area contributed by atoms with Gasteiger partial charge < -0.3 is 15.0 Å². The SMILES string of the molecule is COc1cccc(C(=O)c2ccc(N3C(=O)c4c(C(=O)Nc5cccc(C#N)c5)cnn4C[C@]3(C)[Si])cc2)c1. The molecule has 1 N–H and O–H groups in total. The normalized spacial score (nSPS) is 16.3. The Labute approximate surface area is 228 Å². The topological polar surface area (TPSA) is 117 Å². The van der Waals surface area contributed by atoms with Crippen molar-refractivity contribution >= 4 is 39.2 Å². The van der Waals surface area contributed by atoms with Gasteiger partial charge in [0.1, 0.15) is 11.4 Å². The minimum atomic E-state index is -0.858. The maximum absolute atomic E-state index is 13.8. The highest BCUT2D eigenvalue weighted by molar-refractivity contribution is 6.25. The first-order valence-electron chi connectivity index (χ1n) is 12.0. The Morgan fingerprint density at radius 1 is 1.08 bits per heavy atom. The second-order valence-corrected chi connectivity index (χ2v) is 10.3. The number of hydrogen-bond donors (Lipinski definition) is 1. The van der Waals surface area contributed by atoms with Crippen LogP contribution in [0.2, 0.25) is 0 Å². The molecular weight excluding hydrogens is 510 g/mol. The van der Waals surface area contributed by atoms with Crippen molar-refractivity contribution in [1.29, 1.82) is 5.26 Å². The van der Waals surface area contributed by atoms with Gasteiger partial charge in [-0.2, -0.15) is 10.4 Å². The van der Waals surface area contributed by atoms with Crippen molar-refractivity contribution in [2.75, 3.05) is 17.3 Å². The lowest BCUT2D eigenvalue weighted by Gasteiger charge is -2.42. The molecule has 0 fully saturated rings. The summed E-state index contributed by atoms with van der Waals surface area (Å²) in [5.74, 6) is -0.542. The summed E-state index contributed by atoms with van der Waals surface area (Å²) in [6.45, 7) is 2.10. The third kappa shape index (κ3) is 4.83. The fraction of sp³-hybridized carbons (Fsp3) is 0.138. The number of carbonyl (C=O) groups excluding carboxylic acids is 3. The second kappa shape index (κ2) is 10.0. The van der Waals surface area contributed by atoms with E-state index in [4.69, 9.17) is 10.00 Å². The van der Waals surface area contributed by atoms with Gasteiger partial charge in [-0.15, -0.1) is 0 Å². The maximum atomic E-state index is 13.8. The first-order valence-corrected chi connectivity index (χ1v) is 12.5. The van der Waals surface area contributed by atoms with E-state index in [1.165, 1.54) is 15.8 Å². The molecule has 2 heterocycles. The summed E-state index contributed by atoms with van der Waals surface area (Å²) in [4.78, 5) is 41.5. The van der Waals surface area contributed by atoms with Gasteiger partial charge in [-0.1, -0.05) is 18.2 Å². The Morgan fingerprint density at radius 3 is 2.54 bits per heavy atom. The molecule has 0 bridgehead atoms. The van der Waals surface area contributed by atoms with Crippen LogP contribution in [0.15, 0.2) is 79.0 Å². The van der Waals surface area contributed by atoms with E-state index in [0.717, 1.165) is 0 Å². The van der Waals surface area contributed by atoms with E-state index in [-0.39, 0.29) is 23.6 Å². The van der Waals surface area contributed by atoms with Gasteiger partial charge in [-0.3, -0.25) is 19.1 Å². The van der Waals surface area contributed by atoms with E-state index in [1.807, 2.05) is 13.0 Å². The van der Waals surface area contributed by atoms with E-state index in [0.29, 0.717) is 33.8 Å². The maximum Gasteiger partial charge on any atom is 0.277 e. The van der Waals surface area contributed by atoms with E-state index in [9.17, 15) is 14.4 Å². The average molecular weight is 533 g/mol. The van der Waals surface area contributed by atoms with Crippen molar-refractivity contribution in [2.45, 2.75) is 18.6 Å². The molecule has 4 aromatic rings. The molecule has 191 valence electrons. The molecule has 0 unspecified atom stereocenters. The number of rotatable bonds is 6. The molecule has 1 atom stereocenters. The van der Waals surface area contributed by atoms with Gasteiger partial charge in [0, 0.05) is 27.7 Å². The van der Waals surface area contributed by atoms with Crippen molar-refractivity contribution in [3.8, 4) is 11.8 Å². The fourth-order valence-electron chi connectivity index (χ4n) is 4.55. The number of nitrogens with zero attached hydrogens (tertiary/aromatic N) is 4. The first-order chi connectivity index (χ1) is 18.7. The summed E-state index contributed by atoms with van der Waals surface area (Å²) in [5, 5.41) is 15.3. The molecule has 3 radical (unpaired) electrons. The number of nitrogens with one attached hydrogen (secondary N) is 1. The van der Waals surface area contributed by atoms with Crippen LogP contribution in [0.3, 0.4) is 0 Å². The molecule has 1 aromatic heterocycles. The number of methoxy groups -OCH3 is 1. The lowest BCUT2D eigenvalue weighted by Crippen LogP contribution is -2.58. The molecule has 1 aliphatic heterocycles. The summed E-state index contributed by atoms with van der Waals surface area (Å²) < 4.78 is 6.71. The Balaban J connectivity index is 1.43. The highest BCUT2D eigenvalue weighted by atomic mass is 28.1. The van der Waals surface area contributed by atoms with Crippen LogP contribution in [-0.4, -0.2) is 49.9 Å². The predicted molar refractivity (Wildman–Crippen MR) is 145 cm³/mol. The van der Waals surface area contributed by atoms with Crippen LogP contribution in [0.1, 0.15) is 49.3 Å². The van der Waals surface area contributed by atoms with Gasteiger partial charge in [-0.05, 0) is 61.5 Å². The summed E-state index contributed by atoms with van der Waals surface area (Å²) in [5.41, 5.74) is 2.56. The number of fused-ring (bicyclic) bond motifs is 1. The molecule has 9 nitrogen and oxygen atoms in total. The van der Waals surface area contributed by atoms with Gasteiger partial charge in [0.05, 0.1) is 47.3 Å². The van der Waals surface area contributed by atoms with Crippen LogP contribution in [0.5, 0.6) is 5.75 Å². The van der Waals surface area contributed by atoms with E-state index in [1.54, 1.807) is 79.9 Å². The Morgan fingerprint density at radius 2 is 1.82 bits per heavy atom. The molecule has 39 heavy (non-hydrogen) atoms. The van der Waals surface area contributed by atoms with Crippen LogP contribution in [0, 0.1) is 11.3 Å². The van der Waals surface area contributed by atoms with Crippen molar-refractivity contribution in [2.24, 2.45) is 0 Å². The van der Waals surface area contributed by atoms with E-state index in [2.05, 4.69) is 20.7 Å². The van der Waals surface area contributed by atoms with Gasteiger partial charge in [0.25, 0.3) is 11.8 Å². The Bertz CT molecular complexity index is 1650. The smallest absolute Gasteiger partial charge is 0.277 e. The van der Waals surface area contributed by atoms with Crippen LogP contribution in [0.25, 0.3) is 0 Å². The number of hydrogen-bond acceptors (Lipinski definition) is 6. The van der Waals surface area contributed by atoms with E-state index < -0.39 is 17.0 Å². The Kier molecular flexibility index (Phi) is 6.60. The zero-order valence-corrected chi connectivity index (χ0v) is 22.1. The molecule has 0 spiro atoms. The molecule has 10 heteroatoms. The molecular formula is C29H22N5O4Si. The molecule has 0 saturated carbocycles. The monoisotopic (exact) mass is 532 g/mol. The molecule has 3 aromatic carbocycles. The van der Waals surface area contributed by atoms with Crippen molar-refractivity contribution in [1.82, 2.24) is 9.78 Å². The fourth-order valence-corrected chi connectivity index (χ4v) is 4.93. The van der Waals surface area contributed by atoms with Gasteiger partial charge >= 0.3 is 0 Å². The zero-order chi connectivity index (χ0) is 27.7. The minimum absolute atomic E-state index is 0.111. The first kappa shape index (κ1) is 25.6. The summed E-state index contributed by atoms with van der Waals surface area (Å²) in [7, 11) is 5.26. The third-order valence-electron chi connectivity index (χ3n) is 6.41. The quantitative estimate of drug-likeness (QED) is 0.298. The molecule has 2 amide bonds. The molecule has 0 aliphatic carbocycles. The third-order valence-corrected chi connectivity index (χ3v) is 6.79. The number of ketones is 1. The minimum Gasteiger partial charge on any atom is -0.497 e. The van der Waals surface area contributed by atoms with Gasteiger partial charge in [-0.25, -0.2) is 0 Å². The standard InChI is InChI=1S/C29H22N5O4Si/c1-29(39)17-33-25(24(16-31-33)27(36)32-21-7-3-5-18(13-21)15-30)28(37)34(29)22-11-9-19(10-12-22)26(35)20-6-4-8-23(14-20)38-2/h3-14,16H,17H2,1-2H3,(H,32,36)/t29-/m0/s1. The van der Waals surface area contributed by atoms with Crippen LogP contribution >= 0.6 is 0 Å². The zero-order valence-electron chi connectivity index (χ0n) is 21.1.